The second kappa shape index (κ2) is 6.28. The molecule has 0 radical (unpaired) electrons. The molecule has 0 spiro atoms. The summed E-state index contributed by atoms with van der Waals surface area (Å²) in [6.45, 7) is 7.00. The molecule has 0 aromatic carbocycles. The van der Waals surface area contributed by atoms with Crippen LogP contribution < -0.4 is 0 Å². The summed E-state index contributed by atoms with van der Waals surface area (Å²) in [6, 6.07) is 0. The highest BCUT2D eigenvalue weighted by Gasteiger charge is 2.11. The van der Waals surface area contributed by atoms with Crippen LogP contribution >= 0.6 is 11.3 Å². The first-order valence-electron chi connectivity index (χ1n) is 6.13. The van der Waals surface area contributed by atoms with E-state index in [0.29, 0.717) is 0 Å². The molecule has 1 aromatic rings. The van der Waals surface area contributed by atoms with E-state index in [9.17, 15) is 4.79 Å². The number of aryl methyl sites for hydroxylation is 1. The van der Waals surface area contributed by atoms with Gasteiger partial charge < -0.3 is 4.74 Å². The molecule has 1 aromatic heterocycles. The van der Waals surface area contributed by atoms with Crippen molar-refractivity contribution in [3.8, 4) is 0 Å². The van der Waals surface area contributed by atoms with E-state index in [0.717, 1.165) is 56.9 Å². The summed E-state index contributed by atoms with van der Waals surface area (Å²) in [5.41, 5.74) is 2.51. The lowest BCUT2D eigenvalue weighted by Crippen LogP contribution is -2.36. The Morgan fingerprint density at radius 2 is 2.24 bits per heavy atom. The maximum absolute atomic E-state index is 10.9. The molecule has 0 unspecified atom stereocenters. The van der Waals surface area contributed by atoms with Crippen molar-refractivity contribution in [2.45, 2.75) is 19.8 Å². The van der Waals surface area contributed by atoms with E-state index >= 15 is 0 Å². The molecule has 0 N–H and O–H groups in total. The van der Waals surface area contributed by atoms with Gasteiger partial charge in [-0.2, -0.15) is 0 Å². The second-order valence-electron chi connectivity index (χ2n) is 4.44. The highest BCUT2D eigenvalue weighted by Crippen LogP contribution is 2.21. The summed E-state index contributed by atoms with van der Waals surface area (Å²) < 4.78 is 5.32. The van der Waals surface area contributed by atoms with Crippen LogP contribution in [0, 0.1) is 6.92 Å². The third kappa shape index (κ3) is 3.37. The lowest BCUT2D eigenvalue weighted by molar-refractivity contribution is 0.0374. The van der Waals surface area contributed by atoms with Crippen molar-refractivity contribution in [1.82, 2.24) is 4.90 Å². The number of thiophene rings is 1. The van der Waals surface area contributed by atoms with Gasteiger partial charge in [-0.15, -0.1) is 11.3 Å². The van der Waals surface area contributed by atoms with Crippen LogP contribution in [-0.4, -0.2) is 44.0 Å². The number of hydrogen-bond acceptors (Lipinski definition) is 4. The Morgan fingerprint density at radius 3 is 2.94 bits per heavy atom. The van der Waals surface area contributed by atoms with Crippen LogP contribution in [0.4, 0.5) is 0 Å². The first-order chi connectivity index (χ1) is 8.31. The molecule has 17 heavy (non-hydrogen) atoms. The average molecular weight is 253 g/mol. The average Bonchev–Trinajstić information content (AvgIpc) is 2.72. The summed E-state index contributed by atoms with van der Waals surface area (Å²) in [7, 11) is 0. The van der Waals surface area contributed by atoms with Crippen molar-refractivity contribution >= 4 is 17.6 Å². The third-order valence-electron chi connectivity index (χ3n) is 3.25. The van der Waals surface area contributed by atoms with Gasteiger partial charge >= 0.3 is 0 Å². The molecule has 1 saturated heterocycles. The number of ether oxygens (including phenoxy) is 1. The van der Waals surface area contributed by atoms with E-state index in [4.69, 9.17) is 4.74 Å². The summed E-state index contributed by atoms with van der Waals surface area (Å²) >= 11 is 1.56. The van der Waals surface area contributed by atoms with Gasteiger partial charge in [-0.1, -0.05) is 0 Å². The molecule has 2 rings (SSSR count). The molecule has 1 aliphatic rings. The fourth-order valence-corrected chi connectivity index (χ4v) is 3.12. The molecule has 0 aliphatic carbocycles. The van der Waals surface area contributed by atoms with E-state index in [2.05, 4.69) is 17.2 Å². The van der Waals surface area contributed by atoms with Crippen molar-refractivity contribution in [3.05, 3.63) is 21.4 Å². The molecule has 3 nitrogen and oxygen atoms in total. The molecular formula is C13H19NO2S. The van der Waals surface area contributed by atoms with E-state index in [1.165, 1.54) is 11.1 Å². The van der Waals surface area contributed by atoms with Crippen molar-refractivity contribution < 1.29 is 9.53 Å². The molecule has 0 bridgehead atoms. The minimum absolute atomic E-state index is 0.858. The fraction of sp³-hybridized carbons (Fsp3) is 0.615. The monoisotopic (exact) mass is 253 g/mol. The van der Waals surface area contributed by atoms with Crippen LogP contribution in [0.3, 0.4) is 0 Å². The Labute approximate surface area is 106 Å². The molecule has 94 valence electrons. The number of rotatable bonds is 5. The zero-order chi connectivity index (χ0) is 12.1. The van der Waals surface area contributed by atoms with Gasteiger partial charge in [0.1, 0.15) is 0 Å². The van der Waals surface area contributed by atoms with Crippen LogP contribution in [0.25, 0.3) is 0 Å². The van der Waals surface area contributed by atoms with E-state index in [1.54, 1.807) is 11.3 Å². The maximum Gasteiger partial charge on any atom is 0.160 e. The molecule has 1 fully saturated rings. The third-order valence-corrected chi connectivity index (χ3v) is 4.32. The molecule has 2 heterocycles. The Bertz CT molecular complexity index is 369. The Balaban J connectivity index is 1.80. The van der Waals surface area contributed by atoms with Gasteiger partial charge in [-0.25, -0.2) is 0 Å². The summed E-state index contributed by atoms with van der Waals surface area (Å²) in [5, 5.41) is 2.08. The zero-order valence-electron chi connectivity index (χ0n) is 10.3. The summed E-state index contributed by atoms with van der Waals surface area (Å²) in [4.78, 5) is 14.2. The largest absolute Gasteiger partial charge is 0.379 e. The lowest BCUT2D eigenvalue weighted by Gasteiger charge is -2.26. The number of hydrogen-bond donors (Lipinski definition) is 0. The Morgan fingerprint density at radius 1 is 1.47 bits per heavy atom. The quantitative estimate of drug-likeness (QED) is 0.753. The first kappa shape index (κ1) is 12.7. The predicted molar refractivity (Wildman–Crippen MR) is 70.0 cm³/mol. The maximum atomic E-state index is 10.9. The van der Waals surface area contributed by atoms with Crippen LogP contribution in [0.15, 0.2) is 5.38 Å². The van der Waals surface area contributed by atoms with Crippen LogP contribution in [0.2, 0.25) is 0 Å². The van der Waals surface area contributed by atoms with Gasteiger partial charge in [-0.05, 0) is 42.8 Å². The number of morpholine rings is 1. The highest BCUT2D eigenvalue weighted by atomic mass is 32.1. The Hall–Kier alpha value is -0.710. The van der Waals surface area contributed by atoms with Crippen molar-refractivity contribution in [2.75, 3.05) is 32.8 Å². The van der Waals surface area contributed by atoms with Gasteiger partial charge in [0.05, 0.1) is 18.1 Å². The standard InChI is InChI=1S/C13H19NO2S/c1-11-10-17-13(9-15)12(11)3-2-4-14-5-7-16-8-6-14/h9-10H,2-8H2,1H3. The molecule has 0 amide bonds. The number of aldehydes is 1. The highest BCUT2D eigenvalue weighted by molar-refractivity contribution is 7.12. The zero-order valence-corrected chi connectivity index (χ0v) is 11.1. The minimum atomic E-state index is 0.858. The van der Waals surface area contributed by atoms with Gasteiger partial charge in [0.2, 0.25) is 0 Å². The van der Waals surface area contributed by atoms with Gasteiger partial charge in [0, 0.05) is 13.1 Å². The SMILES string of the molecule is Cc1csc(C=O)c1CCCN1CCOCC1. The fourth-order valence-electron chi connectivity index (χ4n) is 2.21. The number of carbonyl (C=O) groups excluding carboxylic acids is 1. The van der Waals surface area contributed by atoms with Gasteiger partial charge in [0.15, 0.2) is 6.29 Å². The molecule has 1 aliphatic heterocycles. The summed E-state index contributed by atoms with van der Waals surface area (Å²) in [5.74, 6) is 0. The number of nitrogens with zero attached hydrogens (tertiary/aromatic N) is 1. The molecule has 0 saturated carbocycles. The second-order valence-corrected chi connectivity index (χ2v) is 5.35. The van der Waals surface area contributed by atoms with Crippen molar-refractivity contribution in [2.24, 2.45) is 0 Å². The van der Waals surface area contributed by atoms with Crippen LogP contribution in [0.1, 0.15) is 27.2 Å². The summed E-state index contributed by atoms with van der Waals surface area (Å²) in [6.07, 6.45) is 3.13. The van der Waals surface area contributed by atoms with Crippen LogP contribution in [0.5, 0.6) is 0 Å². The Kier molecular flexibility index (Phi) is 4.71. The first-order valence-corrected chi connectivity index (χ1v) is 7.01. The topological polar surface area (TPSA) is 29.5 Å². The minimum Gasteiger partial charge on any atom is -0.379 e. The lowest BCUT2D eigenvalue weighted by atomic mass is 10.1. The number of carbonyl (C=O) groups is 1. The van der Waals surface area contributed by atoms with Crippen molar-refractivity contribution in [3.63, 3.8) is 0 Å². The molecular weight excluding hydrogens is 234 g/mol. The van der Waals surface area contributed by atoms with E-state index < -0.39 is 0 Å². The van der Waals surface area contributed by atoms with E-state index in [1.807, 2.05) is 0 Å². The molecule has 4 heteroatoms. The van der Waals surface area contributed by atoms with Gasteiger partial charge in [0.25, 0.3) is 0 Å². The predicted octanol–water partition coefficient (Wildman–Crippen LogP) is 2.13. The van der Waals surface area contributed by atoms with Gasteiger partial charge in [-0.3, -0.25) is 9.69 Å². The van der Waals surface area contributed by atoms with Crippen molar-refractivity contribution in [1.29, 1.82) is 0 Å². The molecule has 0 atom stereocenters. The van der Waals surface area contributed by atoms with Crippen LogP contribution in [-0.2, 0) is 11.2 Å². The smallest absolute Gasteiger partial charge is 0.160 e. The normalized spacial score (nSPS) is 17.2. The van der Waals surface area contributed by atoms with E-state index in [-0.39, 0.29) is 0 Å².